The number of amides is 1. The largest absolute Gasteiger partial charge is 0.480 e. The van der Waals surface area contributed by atoms with Gasteiger partial charge in [0.05, 0.1) is 6.20 Å². The number of hydrogen-bond acceptors (Lipinski definition) is 6. The molecule has 0 aliphatic carbocycles. The molecule has 7 nitrogen and oxygen atoms in total. The molecule has 2 aromatic heterocycles. The van der Waals surface area contributed by atoms with Gasteiger partial charge in [0.15, 0.2) is 6.10 Å². The quantitative estimate of drug-likeness (QED) is 0.642. The van der Waals surface area contributed by atoms with Gasteiger partial charge in [-0.2, -0.15) is 0 Å². The van der Waals surface area contributed by atoms with E-state index in [1.165, 1.54) is 18.5 Å². The molecule has 7 heteroatoms. The van der Waals surface area contributed by atoms with Gasteiger partial charge in [-0.05, 0) is 38.0 Å². The zero-order valence-corrected chi connectivity index (χ0v) is 15.6. The molecule has 2 heterocycles. The number of nitrogens with zero attached hydrogens (tertiary/aromatic N) is 1. The van der Waals surface area contributed by atoms with Gasteiger partial charge in [0.2, 0.25) is 0 Å². The van der Waals surface area contributed by atoms with E-state index in [9.17, 15) is 9.59 Å². The normalized spacial score (nSPS) is 12.1. The van der Waals surface area contributed by atoms with Crippen LogP contribution in [0.1, 0.15) is 37.0 Å². The van der Waals surface area contributed by atoms with Crippen molar-refractivity contribution in [3.8, 4) is 5.75 Å². The summed E-state index contributed by atoms with van der Waals surface area (Å²) in [6, 6.07) is 5.21. The van der Waals surface area contributed by atoms with Crippen LogP contribution in [0.5, 0.6) is 5.75 Å². The molecule has 1 aromatic carbocycles. The summed E-state index contributed by atoms with van der Waals surface area (Å²) in [5, 5.41) is 7.24. The van der Waals surface area contributed by atoms with Crippen LogP contribution in [0.3, 0.4) is 0 Å². The number of carbonyl (C=O) groups is 1. The van der Waals surface area contributed by atoms with Crippen molar-refractivity contribution in [3.05, 3.63) is 57.8 Å². The Morgan fingerprint density at radius 1 is 1.37 bits per heavy atom. The minimum absolute atomic E-state index is 0.267. The number of nitrogens with one attached hydrogen (secondary N) is 1. The predicted octanol–water partition coefficient (Wildman–Crippen LogP) is 3.13. The molecule has 0 saturated heterocycles. The lowest BCUT2D eigenvalue weighted by molar-refractivity contribution is -0.127. The first-order chi connectivity index (χ1) is 13.0. The molecule has 0 fully saturated rings. The second kappa shape index (κ2) is 8.07. The molecule has 27 heavy (non-hydrogen) atoms. The topological polar surface area (TPSA) is 94.6 Å². The third kappa shape index (κ3) is 4.19. The van der Waals surface area contributed by atoms with Gasteiger partial charge in [0.25, 0.3) is 5.91 Å². The molecule has 0 bridgehead atoms. The third-order valence-electron chi connectivity index (χ3n) is 4.34. The highest BCUT2D eigenvalue weighted by atomic mass is 16.5. The molecule has 0 spiro atoms. The second-order valence-electron chi connectivity index (χ2n) is 6.42. The van der Waals surface area contributed by atoms with Crippen LogP contribution < -0.4 is 15.7 Å². The van der Waals surface area contributed by atoms with Crippen LogP contribution >= 0.6 is 0 Å². The SMILES string of the molecule is CCCc1cc(=O)oc2c(C)c(OC(C)C(=O)NCc3cnoc3)ccc12. The zero-order valence-electron chi connectivity index (χ0n) is 15.6. The summed E-state index contributed by atoms with van der Waals surface area (Å²) < 4.78 is 15.9. The minimum atomic E-state index is -0.716. The first-order valence-corrected chi connectivity index (χ1v) is 8.88. The smallest absolute Gasteiger partial charge is 0.336 e. The highest BCUT2D eigenvalue weighted by molar-refractivity contribution is 5.85. The molecular weight excluding hydrogens is 348 g/mol. The first kappa shape index (κ1) is 18.7. The summed E-state index contributed by atoms with van der Waals surface area (Å²) in [4.78, 5) is 24.1. The number of benzene rings is 1. The number of hydrogen-bond donors (Lipinski definition) is 1. The van der Waals surface area contributed by atoms with Crippen molar-refractivity contribution in [1.29, 1.82) is 0 Å². The lowest BCUT2D eigenvalue weighted by Gasteiger charge is -2.17. The van der Waals surface area contributed by atoms with Crippen molar-refractivity contribution >= 4 is 16.9 Å². The minimum Gasteiger partial charge on any atom is -0.480 e. The monoisotopic (exact) mass is 370 g/mol. The molecule has 0 aliphatic rings. The summed E-state index contributed by atoms with van der Waals surface area (Å²) in [6.45, 7) is 5.85. The maximum atomic E-state index is 12.3. The average molecular weight is 370 g/mol. The summed E-state index contributed by atoms with van der Waals surface area (Å²) in [5.41, 5.74) is 2.54. The highest BCUT2D eigenvalue weighted by Crippen LogP contribution is 2.29. The predicted molar refractivity (Wildman–Crippen MR) is 99.7 cm³/mol. The molecule has 1 amide bonds. The van der Waals surface area contributed by atoms with Crippen LogP contribution in [0.15, 0.2) is 44.4 Å². The van der Waals surface area contributed by atoms with Crippen LogP contribution in [-0.2, 0) is 17.8 Å². The fourth-order valence-corrected chi connectivity index (χ4v) is 2.90. The summed E-state index contributed by atoms with van der Waals surface area (Å²) in [6.07, 6.45) is 4.01. The molecule has 1 N–H and O–H groups in total. The number of ether oxygens (including phenoxy) is 1. The number of rotatable bonds is 7. The van der Waals surface area contributed by atoms with Gasteiger partial charge in [-0.15, -0.1) is 0 Å². The van der Waals surface area contributed by atoms with Crippen molar-refractivity contribution in [2.24, 2.45) is 0 Å². The molecule has 0 radical (unpaired) electrons. The Kier molecular flexibility index (Phi) is 5.59. The van der Waals surface area contributed by atoms with Gasteiger partial charge in [0, 0.05) is 29.1 Å². The summed E-state index contributed by atoms with van der Waals surface area (Å²) in [5.74, 6) is 0.240. The Bertz CT molecular complexity index is 992. The van der Waals surface area contributed by atoms with Crippen LogP contribution in [0, 0.1) is 6.92 Å². The van der Waals surface area contributed by atoms with Crippen molar-refractivity contribution in [2.75, 3.05) is 0 Å². The van der Waals surface area contributed by atoms with Gasteiger partial charge >= 0.3 is 5.63 Å². The fraction of sp³-hybridized carbons (Fsp3) is 0.350. The van der Waals surface area contributed by atoms with E-state index in [0.29, 0.717) is 23.4 Å². The van der Waals surface area contributed by atoms with Crippen molar-refractivity contribution in [1.82, 2.24) is 10.5 Å². The fourth-order valence-electron chi connectivity index (χ4n) is 2.90. The second-order valence-corrected chi connectivity index (χ2v) is 6.42. The lowest BCUT2D eigenvalue weighted by atomic mass is 10.0. The van der Waals surface area contributed by atoms with E-state index >= 15 is 0 Å². The Morgan fingerprint density at radius 2 is 2.19 bits per heavy atom. The van der Waals surface area contributed by atoms with Crippen LogP contribution in [-0.4, -0.2) is 17.2 Å². The maximum absolute atomic E-state index is 12.3. The molecule has 3 rings (SSSR count). The lowest BCUT2D eigenvalue weighted by Crippen LogP contribution is -2.36. The zero-order chi connectivity index (χ0) is 19.4. The van der Waals surface area contributed by atoms with Crippen molar-refractivity contribution < 1.29 is 18.5 Å². The standard InChI is InChI=1S/C20H22N2O5/c1-4-5-15-8-18(23)27-19-12(2)17(7-6-16(15)19)26-13(3)20(24)21-9-14-10-22-25-11-14/h6-8,10-11,13H,4-5,9H2,1-3H3,(H,21,24). The number of fused-ring (bicyclic) bond motifs is 1. The van der Waals surface area contributed by atoms with Gasteiger partial charge in [-0.25, -0.2) is 4.79 Å². The van der Waals surface area contributed by atoms with Gasteiger partial charge in [0.1, 0.15) is 17.6 Å². The number of carbonyl (C=O) groups excluding carboxylic acids is 1. The molecule has 0 aliphatic heterocycles. The van der Waals surface area contributed by atoms with E-state index in [1.807, 2.05) is 13.0 Å². The molecule has 1 atom stereocenters. The van der Waals surface area contributed by atoms with E-state index in [1.54, 1.807) is 13.0 Å². The van der Waals surface area contributed by atoms with Gasteiger partial charge in [-0.3, -0.25) is 4.79 Å². The van der Waals surface area contributed by atoms with E-state index in [2.05, 4.69) is 17.4 Å². The highest BCUT2D eigenvalue weighted by Gasteiger charge is 2.18. The Labute approximate surface area is 156 Å². The molecule has 0 saturated carbocycles. The van der Waals surface area contributed by atoms with Gasteiger partial charge < -0.3 is 19.0 Å². The molecular formula is C20H22N2O5. The third-order valence-corrected chi connectivity index (χ3v) is 4.34. The van der Waals surface area contributed by atoms with Crippen LogP contribution in [0.4, 0.5) is 0 Å². The van der Waals surface area contributed by atoms with Crippen molar-refractivity contribution in [2.45, 2.75) is 46.3 Å². The molecule has 3 aromatic rings. The number of aromatic nitrogens is 1. The maximum Gasteiger partial charge on any atom is 0.336 e. The molecule has 142 valence electrons. The first-order valence-electron chi connectivity index (χ1n) is 8.88. The Balaban J connectivity index is 1.79. The summed E-state index contributed by atoms with van der Waals surface area (Å²) >= 11 is 0. The van der Waals surface area contributed by atoms with E-state index < -0.39 is 6.10 Å². The van der Waals surface area contributed by atoms with Crippen LogP contribution in [0.25, 0.3) is 11.0 Å². The Morgan fingerprint density at radius 3 is 2.89 bits per heavy atom. The average Bonchev–Trinajstić information content (AvgIpc) is 3.16. The van der Waals surface area contributed by atoms with E-state index in [4.69, 9.17) is 13.7 Å². The summed E-state index contributed by atoms with van der Waals surface area (Å²) in [7, 11) is 0. The Hall–Kier alpha value is -3.09. The van der Waals surface area contributed by atoms with E-state index in [-0.39, 0.29) is 11.5 Å². The van der Waals surface area contributed by atoms with Gasteiger partial charge in [-0.1, -0.05) is 18.5 Å². The number of aryl methyl sites for hydroxylation is 2. The van der Waals surface area contributed by atoms with Crippen LogP contribution in [0.2, 0.25) is 0 Å². The van der Waals surface area contributed by atoms with Crippen molar-refractivity contribution in [3.63, 3.8) is 0 Å². The molecule has 1 unspecified atom stereocenters. The van der Waals surface area contributed by atoms with E-state index in [0.717, 1.165) is 29.4 Å².